The van der Waals surface area contributed by atoms with Crippen LogP contribution in [0, 0.1) is 11.8 Å². The third-order valence-corrected chi connectivity index (χ3v) is 12.9. The molecule has 3 N–H and O–H groups in total. The van der Waals surface area contributed by atoms with E-state index in [4.69, 9.17) is 19.4 Å². The van der Waals surface area contributed by atoms with Gasteiger partial charge < -0.3 is 25.0 Å². The lowest BCUT2D eigenvalue weighted by Gasteiger charge is -2.29. The summed E-state index contributed by atoms with van der Waals surface area (Å²) in [6, 6.07) is 9.12. The number of rotatable bonds is 9. The van der Waals surface area contributed by atoms with Crippen LogP contribution >= 0.6 is 11.3 Å². The zero-order chi connectivity index (χ0) is 38.0. The lowest BCUT2D eigenvalue weighted by Crippen LogP contribution is -2.58. The summed E-state index contributed by atoms with van der Waals surface area (Å²) in [7, 11) is -3.89. The number of alkyl carbamates (subject to hydrolysis) is 1. The molecule has 4 amide bonds. The van der Waals surface area contributed by atoms with Gasteiger partial charge in [-0.3, -0.25) is 19.1 Å². The number of benzene rings is 1. The van der Waals surface area contributed by atoms with Crippen molar-refractivity contribution in [2.45, 2.75) is 101 Å². The molecule has 3 aromatic rings. The van der Waals surface area contributed by atoms with Crippen LogP contribution in [0.3, 0.4) is 0 Å². The number of carbonyl (C=O) groups is 4. The van der Waals surface area contributed by atoms with E-state index in [9.17, 15) is 27.6 Å². The van der Waals surface area contributed by atoms with Crippen LogP contribution in [0.4, 0.5) is 4.79 Å². The van der Waals surface area contributed by atoms with Crippen molar-refractivity contribution in [3.63, 3.8) is 0 Å². The molecule has 2 aliphatic carbocycles. The average molecular weight is 779 g/mol. The van der Waals surface area contributed by atoms with Gasteiger partial charge in [0, 0.05) is 12.3 Å². The Morgan fingerprint density at radius 3 is 2.56 bits per heavy atom. The van der Waals surface area contributed by atoms with Crippen molar-refractivity contribution in [2.24, 2.45) is 11.8 Å². The zero-order valence-corrected chi connectivity index (χ0v) is 32.0. The molecule has 2 saturated carbocycles. The summed E-state index contributed by atoms with van der Waals surface area (Å²) < 4.78 is 39.8. The van der Waals surface area contributed by atoms with Gasteiger partial charge in [0.1, 0.15) is 29.4 Å². The molecular weight excluding hydrogens is 733 g/mol. The topological polar surface area (TPSA) is 186 Å². The van der Waals surface area contributed by atoms with Crippen LogP contribution in [-0.2, 0) is 29.1 Å². The standard InChI is InChI=1S/C38H46N6O8S2/c1-23(2)22-51-37(48)41-29-14-7-5-3-4-6-11-24-20-38(24,36(47)43-54(49,50)26-16-17-26)42-33(45)30-19-25(21-44(30)35(29)46)52-34-32(31-15-10-18-53-31)39-27-12-8-9-13-28(27)40-34/h6,8-13,15,18,23-26,29-30H,3-5,7,14,16-17,19-22H2,1-2H3,(H,41,48)(H,42,45)(H,43,47)/b11-6-/t24?,25-,29+,30+,38-/m1/s1. The van der Waals surface area contributed by atoms with E-state index in [0.717, 1.165) is 17.7 Å². The Bertz CT molecular complexity index is 2040. The SMILES string of the molecule is CC(C)COC(=O)N[C@H]1CCCCC/C=C\C2C[C@@]2(C(=O)NS(=O)(=O)C2CC2)NC(=O)[C@@H]2C[C@@H](Oc3nc4ccccc4nc3-c3cccs3)CN2C1=O. The van der Waals surface area contributed by atoms with Crippen molar-refractivity contribution in [1.29, 1.82) is 0 Å². The van der Waals surface area contributed by atoms with E-state index < -0.39 is 68.7 Å². The van der Waals surface area contributed by atoms with Gasteiger partial charge in [0.2, 0.25) is 27.7 Å². The molecular formula is C38H46N6O8S2. The monoisotopic (exact) mass is 778 g/mol. The van der Waals surface area contributed by atoms with Crippen LogP contribution in [0.5, 0.6) is 5.88 Å². The van der Waals surface area contributed by atoms with Gasteiger partial charge in [0.05, 0.1) is 34.3 Å². The predicted molar refractivity (Wildman–Crippen MR) is 202 cm³/mol. The van der Waals surface area contributed by atoms with Crippen molar-refractivity contribution in [1.82, 2.24) is 30.2 Å². The van der Waals surface area contributed by atoms with E-state index in [1.165, 1.54) is 16.2 Å². The van der Waals surface area contributed by atoms with Crippen molar-refractivity contribution in [3.8, 4) is 16.5 Å². The number of allylic oxidation sites excluding steroid dienone is 1. The van der Waals surface area contributed by atoms with E-state index in [0.29, 0.717) is 48.8 Å². The van der Waals surface area contributed by atoms with Crippen molar-refractivity contribution in [2.75, 3.05) is 13.2 Å². The minimum atomic E-state index is -3.89. The molecule has 1 saturated heterocycles. The number of sulfonamides is 1. The number of nitrogens with one attached hydrogen (secondary N) is 3. The summed E-state index contributed by atoms with van der Waals surface area (Å²) in [4.78, 5) is 67.4. The summed E-state index contributed by atoms with van der Waals surface area (Å²) in [6.45, 7) is 3.97. The Labute approximate surface area is 318 Å². The number of fused-ring (bicyclic) bond motifs is 3. The first kappa shape index (κ1) is 37.7. The van der Waals surface area contributed by atoms with Crippen LogP contribution in [0.2, 0.25) is 0 Å². The zero-order valence-electron chi connectivity index (χ0n) is 30.4. The first-order valence-electron chi connectivity index (χ1n) is 18.7. The highest BCUT2D eigenvalue weighted by Gasteiger charge is 2.62. The Hall–Kier alpha value is -4.57. The van der Waals surface area contributed by atoms with Crippen molar-refractivity contribution >= 4 is 56.2 Å². The Morgan fingerprint density at radius 1 is 1.06 bits per heavy atom. The molecule has 0 radical (unpaired) electrons. The lowest BCUT2D eigenvalue weighted by molar-refractivity contribution is -0.141. The first-order valence-corrected chi connectivity index (χ1v) is 21.1. The smallest absolute Gasteiger partial charge is 0.407 e. The molecule has 288 valence electrons. The van der Waals surface area contributed by atoms with Crippen molar-refractivity contribution < 1.29 is 37.1 Å². The fourth-order valence-electron chi connectivity index (χ4n) is 7.07. The molecule has 2 aromatic heterocycles. The summed E-state index contributed by atoms with van der Waals surface area (Å²) in [5.41, 5.74) is 0.315. The Balaban J connectivity index is 1.20. The first-order chi connectivity index (χ1) is 25.9. The number of hydrogen-bond acceptors (Lipinski definition) is 11. The second kappa shape index (κ2) is 15.7. The van der Waals surface area contributed by atoms with Gasteiger partial charge in [0.15, 0.2) is 0 Å². The molecule has 2 aliphatic heterocycles. The van der Waals surface area contributed by atoms with Crippen molar-refractivity contribution in [3.05, 3.63) is 53.9 Å². The van der Waals surface area contributed by atoms with Gasteiger partial charge in [-0.25, -0.2) is 23.2 Å². The van der Waals surface area contributed by atoms with Crippen LogP contribution in [0.15, 0.2) is 53.9 Å². The van der Waals surface area contributed by atoms with Crippen LogP contribution in [-0.4, -0.2) is 89.2 Å². The molecule has 0 bridgehead atoms. The highest BCUT2D eigenvalue weighted by Crippen LogP contribution is 2.46. The normalized spacial score (nSPS) is 26.8. The van der Waals surface area contributed by atoms with E-state index in [1.807, 2.05) is 67.8 Å². The predicted octanol–water partition coefficient (Wildman–Crippen LogP) is 4.46. The van der Waals surface area contributed by atoms with Gasteiger partial charge in [-0.05, 0) is 68.0 Å². The number of aromatic nitrogens is 2. The molecule has 54 heavy (non-hydrogen) atoms. The quantitative estimate of drug-likeness (QED) is 0.262. The van der Waals surface area contributed by atoms with Gasteiger partial charge in [-0.1, -0.05) is 57.0 Å². The maximum atomic E-state index is 14.5. The van der Waals surface area contributed by atoms with Gasteiger partial charge in [-0.15, -0.1) is 11.3 Å². The van der Waals surface area contributed by atoms with E-state index in [1.54, 1.807) is 0 Å². The van der Waals surface area contributed by atoms with Crippen LogP contribution in [0.25, 0.3) is 21.6 Å². The summed E-state index contributed by atoms with van der Waals surface area (Å²) >= 11 is 1.48. The van der Waals surface area contributed by atoms with Gasteiger partial charge in [0.25, 0.3) is 5.91 Å². The number of nitrogens with zero attached hydrogens (tertiary/aromatic N) is 3. The summed E-state index contributed by atoms with van der Waals surface area (Å²) in [5, 5.41) is 6.93. The minimum absolute atomic E-state index is 0.0207. The van der Waals surface area contributed by atoms with Crippen LogP contribution in [0.1, 0.15) is 71.6 Å². The highest BCUT2D eigenvalue weighted by molar-refractivity contribution is 7.91. The second-order valence-corrected chi connectivity index (χ2v) is 17.9. The second-order valence-electron chi connectivity index (χ2n) is 15.0. The average Bonchev–Trinajstić information content (AvgIpc) is 4.01. The van der Waals surface area contributed by atoms with Gasteiger partial charge >= 0.3 is 6.09 Å². The van der Waals surface area contributed by atoms with E-state index in [-0.39, 0.29) is 37.8 Å². The summed E-state index contributed by atoms with van der Waals surface area (Å²) in [5.74, 6) is -1.99. The largest absolute Gasteiger partial charge is 0.471 e. The molecule has 7 rings (SSSR count). The van der Waals surface area contributed by atoms with Crippen LogP contribution < -0.4 is 20.1 Å². The van der Waals surface area contributed by atoms with E-state index in [2.05, 4.69) is 15.4 Å². The maximum Gasteiger partial charge on any atom is 0.407 e. The number of amides is 4. The third kappa shape index (κ3) is 8.38. The molecule has 4 heterocycles. The lowest BCUT2D eigenvalue weighted by atomic mass is 10.0. The number of para-hydroxylation sites is 2. The third-order valence-electron chi connectivity index (χ3n) is 10.3. The fourth-order valence-corrected chi connectivity index (χ4v) is 9.14. The Kier molecular flexibility index (Phi) is 10.9. The molecule has 1 unspecified atom stereocenters. The molecule has 1 aromatic carbocycles. The fraction of sp³-hybridized carbons (Fsp3) is 0.526. The number of hydrogen-bond donors (Lipinski definition) is 3. The Morgan fingerprint density at radius 2 is 1.83 bits per heavy atom. The molecule has 5 atom stereocenters. The number of ether oxygens (including phenoxy) is 2. The minimum Gasteiger partial charge on any atom is -0.471 e. The number of carbonyl (C=O) groups excluding carboxylic acids is 4. The molecule has 16 heteroatoms. The molecule has 14 nitrogen and oxygen atoms in total. The van der Waals surface area contributed by atoms with E-state index >= 15 is 0 Å². The molecule has 3 fully saturated rings. The maximum absolute atomic E-state index is 14.5. The number of thiophene rings is 1. The molecule has 0 spiro atoms. The summed E-state index contributed by atoms with van der Waals surface area (Å²) in [6.07, 6.45) is 6.79. The highest BCUT2D eigenvalue weighted by atomic mass is 32.2. The molecule has 4 aliphatic rings. The van der Waals surface area contributed by atoms with Gasteiger partial charge in [-0.2, -0.15) is 0 Å².